The van der Waals surface area contributed by atoms with Crippen LogP contribution in [0.25, 0.3) is 0 Å². The summed E-state index contributed by atoms with van der Waals surface area (Å²) in [5.41, 5.74) is 1.43. The van der Waals surface area contributed by atoms with Crippen molar-refractivity contribution < 1.29 is 13.0 Å². The predicted molar refractivity (Wildman–Crippen MR) is 75.8 cm³/mol. The number of hydrogen-bond donors (Lipinski definition) is 1. The van der Waals surface area contributed by atoms with Gasteiger partial charge in [-0.1, -0.05) is 30.3 Å². The second-order valence-corrected chi connectivity index (χ2v) is 5.53. The first-order chi connectivity index (χ1) is 9.70. The molecule has 0 aliphatic rings. The molecule has 0 radical (unpaired) electrons. The van der Waals surface area contributed by atoms with Gasteiger partial charge in [-0.15, -0.1) is 0 Å². The summed E-state index contributed by atoms with van der Waals surface area (Å²) in [5.74, 6) is -0.447. The molecule has 1 atom stereocenters. The fourth-order valence-corrected chi connectivity index (χ4v) is 2.89. The van der Waals surface area contributed by atoms with Crippen molar-refractivity contribution in [3.63, 3.8) is 0 Å². The Labute approximate surface area is 119 Å². The van der Waals surface area contributed by atoms with E-state index in [9.17, 15) is 13.0 Å². The Balaban J connectivity index is 2.09. The van der Waals surface area contributed by atoms with Crippen LogP contribution < -0.4 is 4.72 Å². The van der Waals surface area contributed by atoms with E-state index in [0.717, 1.165) is 5.56 Å². The fraction of sp³-hybridized carbons (Fsp3) is 0.200. The zero-order valence-corrected chi connectivity index (χ0v) is 11.6. The lowest BCUT2D eigenvalue weighted by Gasteiger charge is -2.09. The first-order valence-electron chi connectivity index (χ1n) is 6.24. The minimum absolute atomic E-state index is 0.0614. The lowest BCUT2D eigenvalue weighted by Crippen LogP contribution is -2.18. The molecule has 0 aliphatic carbocycles. The summed E-state index contributed by atoms with van der Waals surface area (Å²) in [6.07, 6.45) is 0.0614. The highest BCUT2D eigenvalue weighted by Gasteiger charge is 2.11. The van der Waals surface area contributed by atoms with Crippen LogP contribution in [-0.4, -0.2) is 10.9 Å². The standard InChI is InChI=1S/C15H15F2NOS/c16-9-8-13-10-14(17)6-7-15(13)20(19)18-11-12-4-2-1-3-5-12/h1-7,10,18H,8-9,11H2. The number of nitrogens with one attached hydrogen (secondary N) is 1. The van der Waals surface area contributed by atoms with Crippen LogP contribution in [0.2, 0.25) is 0 Å². The molecule has 0 fully saturated rings. The van der Waals surface area contributed by atoms with E-state index in [1.54, 1.807) is 0 Å². The van der Waals surface area contributed by atoms with Gasteiger partial charge in [0.25, 0.3) is 0 Å². The van der Waals surface area contributed by atoms with Crippen molar-refractivity contribution in [3.05, 3.63) is 65.5 Å². The normalized spacial score (nSPS) is 12.3. The third kappa shape index (κ3) is 3.95. The molecule has 0 bridgehead atoms. The van der Waals surface area contributed by atoms with Crippen LogP contribution in [0.1, 0.15) is 11.1 Å². The van der Waals surface area contributed by atoms with Crippen molar-refractivity contribution in [2.45, 2.75) is 17.9 Å². The van der Waals surface area contributed by atoms with E-state index in [1.807, 2.05) is 30.3 Å². The van der Waals surface area contributed by atoms with Gasteiger partial charge in [0.2, 0.25) is 0 Å². The molecule has 0 saturated heterocycles. The number of benzene rings is 2. The van der Waals surface area contributed by atoms with Crippen LogP contribution in [-0.2, 0) is 24.0 Å². The van der Waals surface area contributed by atoms with E-state index in [0.29, 0.717) is 17.0 Å². The van der Waals surface area contributed by atoms with E-state index in [-0.39, 0.29) is 6.42 Å². The molecule has 1 unspecified atom stereocenters. The predicted octanol–water partition coefficient (Wildman–Crippen LogP) is 3.15. The van der Waals surface area contributed by atoms with Gasteiger partial charge in [0.05, 0.1) is 11.6 Å². The van der Waals surface area contributed by atoms with E-state index >= 15 is 0 Å². The summed E-state index contributed by atoms with van der Waals surface area (Å²) in [6, 6.07) is 13.4. The number of hydrogen-bond acceptors (Lipinski definition) is 1. The van der Waals surface area contributed by atoms with Crippen molar-refractivity contribution in [2.24, 2.45) is 0 Å². The molecule has 2 nitrogen and oxygen atoms in total. The number of halogens is 2. The van der Waals surface area contributed by atoms with Crippen LogP contribution >= 0.6 is 0 Å². The lowest BCUT2D eigenvalue weighted by molar-refractivity contribution is 0.492. The molecule has 0 spiro atoms. The van der Waals surface area contributed by atoms with E-state index in [4.69, 9.17) is 0 Å². The molecule has 0 saturated carbocycles. The largest absolute Gasteiger partial charge is 0.251 e. The van der Waals surface area contributed by atoms with Gasteiger partial charge < -0.3 is 0 Å². The first-order valence-corrected chi connectivity index (χ1v) is 7.39. The van der Waals surface area contributed by atoms with Gasteiger partial charge in [-0.25, -0.2) is 13.3 Å². The summed E-state index contributed by atoms with van der Waals surface area (Å²) < 4.78 is 40.6. The molecule has 0 aromatic heterocycles. The second kappa shape index (κ2) is 7.26. The maximum absolute atomic E-state index is 13.1. The molecule has 0 heterocycles. The number of alkyl halides is 1. The van der Waals surface area contributed by atoms with E-state index in [2.05, 4.69) is 4.72 Å². The molecule has 2 aromatic rings. The maximum atomic E-state index is 13.1. The van der Waals surface area contributed by atoms with Crippen molar-refractivity contribution in [2.75, 3.05) is 6.67 Å². The zero-order valence-electron chi connectivity index (χ0n) is 10.8. The quantitative estimate of drug-likeness (QED) is 0.871. The Hall–Kier alpha value is -1.59. The van der Waals surface area contributed by atoms with Gasteiger partial charge in [0, 0.05) is 13.0 Å². The number of aryl methyl sites for hydroxylation is 1. The smallest absolute Gasteiger partial charge is 0.125 e. The van der Waals surface area contributed by atoms with E-state index in [1.165, 1.54) is 18.2 Å². The maximum Gasteiger partial charge on any atom is 0.125 e. The Bertz CT molecular complexity index is 590. The van der Waals surface area contributed by atoms with Crippen molar-refractivity contribution in [1.82, 2.24) is 4.72 Å². The van der Waals surface area contributed by atoms with Crippen LogP contribution in [0.15, 0.2) is 53.4 Å². The summed E-state index contributed by atoms with van der Waals surface area (Å²) in [4.78, 5) is 0.431. The minimum atomic E-state index is -1.49. The molecule has 5 heteroatoms. The molecule has 1 N–H and O–H groups in total. The fourth-order valence-electron chi connectivity index (χ4n) is 1.85. The second-order valence-electron chi connectivity index (χ2n) is 4.27. The van der Waals surface area contributed by atoms with Crippen molar-refractivity contribution in [3.8, 4) is 0 Å². The average molecular weight is 295 g/mol. The highest BCUT2D eigenvalue weighted by Crippen LogP contribution is 2.16. The highest BCUT2D eigenvalue weighted by molar-refractivity contribution is 7.83. The number of rotatable bonds is 6. The van der Waals surface area contributed by atoms with Gasteiger partial charge in [-0.05, 0) is 29.3 Å². The first kappa shape index (κ1) is 14.8. The molecular weight excluding hydrogens is 280 g/mol. The molecule has 20 heavy (non-hydrogen) atoms. The van der Waals surface area contributed by atoms with Crippen LogP contribution in [0, 0.1) is 5.82 Å². The highest BCUT2D eigenvalue weighted by atomic mass is 32.2. The summed E-state index contributed by atoms with van der Waals surface area (Å²) in [5, 5.41) is 0. The van der Waals surface area contributed by atoms with Gasteiger partial charge >= 0.3 is 0 Å². The lowest BCUT2D eigenvalue weighted by atomic mass is 10.1. The summed E-state index contributed by atoms with van der Waals surface area (Å²) >= 11 is 0. The minimum Gasteiger partial charge on any atom is -0.251 e. The molecule has 2 aromatic carbocycles. The Kier molecular flexibility index (Phi) is 5.38. The average Bonchev–Trinajstić information content (AvgIpc) is 2.46. The third-order valence-electron chi connectivity index (χ3n) is 2.84. The topological polar surface area (TPSA) is 29.1 Å². The van der Waals surface area contributed by atoms with Gasteiger partial charge in [0.15, 0.2) is 0 Å². The van der Waals surface area contributed by atoms with Crippen molar-refractivity contribution >= 4 is 11.0 Å². The zero-order chi connectivity index (χ0) is 14.4. The summed E-state index contributed by atoms with van der Waals surface area (Å²) in [6.45, 7) is -0.174. The van der Waals surface area contributed by atoms with E-state index < -0.39 is 23.5 Å². The van der Waals surface area contributed by atoms with Crippen LogP contribution in [0.5, 0.6) is 0 Å². The SMILES string of the molecule is O=S(NCc1ccccc1)c1ccc(F)cc1CCF. The molecular formula is C15H15F2NOS. The Morgan fingerprint density at radius 2 is 1.85 bits per heavy atom. The molecule has 0 aliphatic heterocycles. The van der Waals surface area contributed by atoms with Crippen molar-refractivity contribution in [1.29, 1.82) is 0 Å². The molecule has 2 rings (SSSR count). The Morgan fingerprint density at radius 1 is 1.10 bits per heavy atom. The summed E-state index contributed by atoms with van der Waals surface area (Å²) in [7, 11) is -1.49. The van der Waals surface area contributed by atoms with Gasteiger partial charge in [-0.2, -0.15) is 0 Å². The van der Waals surface area contributed by atoms with Gasteiger partial charge in [-0.3, -0.25) is 4.39 Å². The Morgan fingerprint density at radius 3 is 2.55 bits per heavy atom. The molecule has 106 valence electrons. The van der Waals surface area contributed by atoms with Gasteiger partial charge in [0.1, 0.15) is 16.8 Å². The van der Waals surface area contributed by atoms with Crippen LogP contribution in [0.4, 0.5) is 8.78 Å². The van der Waals surface area contributed by atoms with Crippen LogP contribution in [0.3, 0.4) is 0 Å². The molecule has 0 amide bonds. The monoisotopic (exact) mass is 295 g/mol. The third-order valence-corrected chi connectivity index (χ3v) is 4.04.